The van der Waals surface area contributed by atoms with Gasteiger partial charge in [0.2, 0.25) is 0 Å². The molecule has 1 aromatic carbocycles. The fraction of sp³-hybridized carbons (Fsp3) is 0.389. The third kappa shape index (κ3) is 2.26. The fourth-order valence-electron chi connectivity index (χ4n) is 3.50. The highest BCUT2D eigenvalue weighted by atomic mass is 16.1. The van der Waals surface area contributed by atoms with Gasteiger partial charge in [0, 0.05) is 19.6 Å². The second kappa shape index (κ2) is 5.27. The van der Waals surface area contributed by atoms with Crippen molar-refractivity contribution in [3.05, 3.63) is 58.3 Å². The summed E-state index contributed by atoms with van der Waals surface area (Å²) in [6.45, 7) is 3.15. The van der Waals surface area contributed by atoms with Crippen molar-refractivity contribution >= 4 is 11.0 Å². The van der Waals surface area contributed by atoms with Gasteiger partial charge in [-0.3, -0.25) is 14.3 Å². The molecule has 0 unspecified atom stereocenters. The van der Waals surface area contributed by atoms with Gasteiger partial charge in [0.1, 0.15) is 11.2 Å². The largest absolute Gasteiger partial charge is 0.294 e. The van der Waals surface area contributed by atoms with Crippen molar-refractivity contribution in [2.75, 3.05) is 6.54 Å². The second-order valence-electron chi connectivity index (χ2n) is 6.74. The number of hydrogen-bond donors (Lipinski definition) is 0. The number of nitrogens with zero attached hydrogens (tertiary/aromatic N) is 5. The van der Waals surface area contributed by atoms with Crippen LogP contribution in [0.4, 0.5) is 0 Å². The van der Waals surface area contributed by atoms with Crippen LogP contribution < -0.4 is 5.56 Å². The molecular formula is C18H19N5O. The molecule has 3 aromatic rings. The number of rotatable bonds is 3. The van der Waals surface area contributed by atoms with Gasteiger partial charge in [-0.15, -0.1) is 0 Å². The van der Waals surface area contributed by atoms with Crippen molar-refractivity contribution in [2.24, 2.45) is 0 Å². The Hall–Kier alpha value is -2.47. The number of hydrogen-bond acceptors (Lipinski definition) is 4. The molecule has 24 heavy (non-hydrogen) atoms. The highest BCUT2D eigenvalue weighted by Crippen LogP contribution is 2.35. The van der Waals surface area contributed by atoms with Crippen LogP contribution in [0.15, 0.2) is 41.3 Å². The molecule has 1 saturated carbocycles. The maximum Gasteiger partial charge on any atom is 0.264 e. The topological polar surface area (TPSA) is 56.0 Å². The molecule has 0 atom stereocenters. The van der Waals surface area contributed by atoms with Crippen molar-refractivity contribution in [2.45, 2.75) is 38.5 Å². The molecule has 122 valence electrons. The van der Waals surface area contributed by atoms with E-state index in [-0.39, 0.29) is 5.56 Å². The Morgan fingerprint density at radius 2 is 1.96 bits per heavy atom. The van der Waals surface area contributed by atoms with Crippen LogP contribution >= 0.6 is 0 Å². The molecule has 0 bridgehead atoms. The molecule has 0 radical (unpaired) electrons. The Labute approximate surface area is 139 Å². The summed E-state index contributed by atoms with van der Waals surface area (Å²) in [6.07, 6.45) is 3.96. The molecule has 3 heterocycles. The highest BCUT2D eigenvalue weighted by Gasteiger charge is 2.28. The molecule has 6 nitrogen and oxygen atoms in total. The second-order valence-corrected chi connectivity index (χ2v) is 6.74. The minimum absolute atomic E-state index is 0.0567. The van der Waals surface area contributed by atoms with Gasteiger partial charge in [-0.1, -0.05) is 30.3 Å². The fourth-order valence-corrected chi connectivity index (χ4v) is 3.50. The predicted molar refractivity (Wildman–Crippen MR) is 90.6 cm³/mol. The molecule has 0 N–H and O–H groups in total. The molecule has 6 heteroatoms. The summed E-state index contributed by atoms with van der Waals surface area (Å²) >= 11 is 0. The van der Waals surface area contributed by atoms with Crippen LogP contribution in [0, 0.1) is 0 Å². The molecular weight excluding hydrogens is 302 g/mol. The van der Waals surface area contributed by atoms with Crippen molar-refractivity contribution < 1.29 is 0 Å². The summed E-state index contributed by atoms with van der Waals surface area (Å²) in [5, 5.41) is 5.06. The van der Waals surface area contributed by atoms with Crippen LogP contribution in [0.1, 0.15) is 30.3 Å². The van der Waals surface area contributed by atoms with Gasteiger partial charge in [0.25, 0.3) is 5.56 Å². The van der Waals surface area contributed by atoms with Gasteiger partial charge in [0.15, 0.2) is 5.65 Å². The predicted octanol–water partition coefficient (Wildman–Crippen LogP) is 1.94. The summed E-state index contributed by atoms with van der Waals surface area (Å²) in [6, 6.07) is 10.9. The Morgan fingerprint density at radius 1 is 1.12 bits per heavy atom. The van der Waals surface area contributed by atoms with E-state index in [1.807, 2.05) is 15.3 Å². The zero-order chi connectivity index (χ0) is 16.1. The van der Waals surface area contributed by atoms with Gasteiger partial charge in [-0.05, 0) is 18.4 Å². The van der Waals surface area contributed by atoms with E-state index < -0.39 is 0 Å². The van der Waals surface area contributed by atoms with Crippen LogP contribution in [0.25, 0.3) is 11.0 Å². The van der Waals surface area contributed by atoms with Crippen LogP contribution in [-0.2, 0) is 19.6 Å². The van der Waals surface area contributed by atoms with Gasteiger partial charge in [-0.2, -0.15) is 5.10 Å². The molecule has 2 aromatic heterocycles. The minimum atomic E-state index is 0.0567. The van der Waals surface area contributed by atoms with Crippen LogP contribution in [-0.4, -0.2) is 30.8 Å². The third-order valence-corrected chi connectivity index (χ3v) is 4.94. The molecule has 1 aliphatic heterocycles. The van der Waals surface area contributed by atoms with E-state index in [9.17, 15) is 4.79 Å². The molecule has 0 spiro atoms. The number of aromatic nitrogens is 4. The van der Waals surface area contributed by atoms with E-state index in [1.54, 1.807) is 6.20 Å². The standard InChI is InChI=1S/C18H19N5O/c24-18-15-10-19-23(14-6-7-14)17(15)20-16-12-21(8-9-22(16)18)11-13-4-2-1-3-5-13/h1-5,10,14H,6-9,11-12H2. The first-order valence-electron chi connectivity index (χ1n) is 8.53. The molecule has 1 fully saturated rings. The molecule has 1 aliphatic carbocycles. The first-order chi connectivity index (χ1) is 11.8. The first kappa shape index (κ1) is 13.9. The average molecular weight is 321 g/mol. The first-order valence-corrected chi connectivity index (χ1v) is 8.53. The minimum Gasteiger partial charge on any atom is -0.294 e. The highest BCUT2D eigenvalue weighted by molar-refractivity contribution is 5.73. The molecule has 2 aliphatic rings. The van der Waals surface area contributed by atoms with Crippen molar-refractivity contribution in [1.29, 1.82) is 0 Å². The Kier molecular flexibility index (Phi) is 3.06. The maximum absolute atomic E-state index is 12.7. The van der Waals surface area contributed by atoms with Crippen LogP contribution in [0.2, 0.25) is 0 Å². The van der Waals surface area contributed by atoms with Gasteiger partial charge in [-0.25, -0.2) is 9.67 Å². The van der Waals surface area contributed by atoms with E-state index >= 15 is 0 Å². The van der Waals surface area contributed by atoms with Crippen molar-refractivity contribution in [1.82, 2.24) is 24.2 Å². The summed E-state index contributed by atoms with van der Waals surface area (Å²) in [7, 11) is 0. The zero-order valence-electron chi connectivity index (χ0n) is 13.4. The lowest BCUT2D eigenvalue weighted by Gasteiger charge is -2.29. The van der Waals surface area contributed by atoms with E-state index in [1.165, 1.54) is 5.56 Å². The quantitative estimate of drug-likeness (QED) is 0.740. The lowest BCUT2D eigenvalue weighted by molar-refractivity contribution is 0.204. The van der Waals surface area contributed by atoms with Crippen LogP contribution in [0.5, 0.6) is 0 Å². The van der Waals surface area contributed by atoms with Crippen LogP contribution in [0.3, 0.4) is 0 Å². The zero-order valence-corrected chi connectivity index (χ0v) is 13.4. The summed E-state index contributed by atoms with van der Waals surface area (Å²) in [5.41, 5.74) is 2.11. The van der Waals surface area contributed by atoms with Crippen molar-refractivity contribution in [3.63, 3.8) is 0 Å². The Morgan fingerprint density at radius 3 is 2.75 bits per heavy atom. The Balaban J connectivity index is 1.50. The summed E-state index contributed by atoms with van der Waals surface area (Å²) in [5.74, 6) is 0.858. The monoisotopic (exact) mass is 321 g/mol. The van der Waals surface area contributed by atoms with Gasteiger partial charge < -0.3 is 0 Å². The lowest BCUT2D eigenvalue weighted by atomic mass is 10.2. The third-order valence-electron chi connectivity index (χ3n) is 4.94. The SMILES string of the molecule is O=c1c2cnn(C3CC3)c2nc2n1CCN(Cc1ccccc1)C2. The molecule has 0 saturated heterocycles. The number of benzene rings is 1. The normalized spacial score (nSPS) is 18.0. The molecule has 0 amide bonds. The number of fused-ring (bicyclic) bond motifs is 2. The van der Waals surface area contributed by atoms with Crippen molar-refractivity contribution in [3.8, 4) is 0 Å². The van der Waals surface area contributed by atoms with E-state index in [0.29, 0.717) is 24.5 Å². The Bertz CT molecular complexity index is 955. The van der Waals surface area contributed by atoms with Gasteiger partial charge >= 0.3 is 0 Å². The average Bonchev–Trinajstić information content (AvgIpc) is 3.36. The smallest absolute Gasteiger partial charge is 0.264 e. The summed E-state index contributed by atoms with van der Waals surface area (Å²) in [4.78, 5) is 19.9. The van der Waals surface area contributed by atoms with E-state index in [4.69, 9.17) is 4.98 Å². The van der Waals surface area contributed by atoms with Gasteiger partial charge in [0.05, 0.1) is 18.8 Å². The van der Waals surface area contributed by atoms with E-state index in [2.05, 4.69) is 34.3 Å². The lowest BCUT2D eigenvalue weighted by Crippen LogP contribution is -2.39. The summed E-state index contributed by atoms with van der Waals surface area (Å²) < 4.78 is 3.76. The van der Waals surface area contributed by atoms with E-state index in [0.717, 1.165) is 37.4 Å². The maximum atomic E-state index is 12.7. The molecule has 5 rings (SSSR count).